The van der Waals surface area contributed by atoms with E-state index < -0.39 is 0 Å². The Labute approximate surface area is 198 Å². The van der Waals surface area contributed by atoms with Crippen LogP contribution in [0, 0.1) is 5.92 Å². The normalized spacial score (nSPS) is 15.7. The molecule has 4 rings (SSSR count). The van der Waals surface area contributed by atoms with Crippen molar-refractivity contribution >= 4 is 23.5 Å². The molecule has 0 radical (unpaired) electrons. The van der Waals surface area contributed by atoms with Crippen LogP contribution in [0.25, 0.3) is 0 Å². The lowest BCUT2D eigenvalue weighted by Gasteiger charge is -2.33. The predicted molar refractivity (Wildman–Crippen MR) is 129 cm³/mol. The third-order valence-corrected chi connectivity index (χ3v) is 6.60. The standard InChI is InChI=1S/C25H28N4O3S/c1-31-21-11-10-18(15-22(21)32-2)16-28-24(30)19-7-6-14-29(17-19)23-25(27-13-12-26-23)33-20-8-4-3-5-9-20/h3-5,8-13,15,19H,6-7,14,16-17H2,1-2H3,(H,28,30). The van der Waals surface area contributed by atoms with Gasteiger partial charge < -0.3 is 19.7 Å². The monoisotopic (exact) mass is 464 g/mol. The van der Waals surface area contributed by atoms with Crippen LogP contribution in [0.15, 0.2) is 70.8 Å². The van der Waals surface area contributed by atoms with Gasteiger partial charge in [0.25, 0.3) is 0 Å². The molecule has 33 heavy (non-hydrogen) atoms. The predicted octanol–water partition coefficient (Wildman–Crippen LogP) is 4.18. The molecule has 1 N–H and O–H groups in total. The molecule has 8 heteroatoms. The summed E-state index contributed by atoms with van der Waals surface area (Å²) in [6, 6.07) is 15.8. The average molecular weight is 465 g/mol. The summed E-state index contributed by atoms with van der Waals surface area (Å²) in [6.07, 6.45) is 5.22. The van der Waals surface area contributed by atoms with E-state index in [-0.39, 0.29) is 11.8 Å². The van der Waals surface area contributed by atoms with Crippen LogP contribution in [0.2, 0.25) is 0 Å². The van der Waals surface area contributed by atoms with Crippen molar-refractivity contribution < 1.29 is 14.3 Å². The minimum Gasteiger partial charge on any atom is -0.493 e. The summed E-state index contributed by atoms with van der Waals surface area (Å²) in [5.74, 6) is 2.11. The molecule has 1 aliphatic rings. The number of carbonyl (C=O) groups excluding carboxylic acids is 1. The van der Waals surface area contributed by atoms with Gasteiger partial charge in [0.15, 0.2) is 17.3 Å². The molecule has 1 atom stereocenters. The van der Waals surface area contributed by atoms with Crippen LogP contribution in [0.4, 0.5) is 5.82 Å². The zero-order valence-corrected chi connectivity index (χ0v) is 19.7. The second kappa shape index (κ2) is 11.0. The fourth-order valence-corrected chi connectivity index (χ4v) is 4.82. The van der Waals surface area contributed by atoms with Gasteiger partial charge in [-0.25, -0.2) is 9.97 Å². The number of hydrogen-bond donors (Lipinski definition) is 1. The Morgan fingerprint density at radius 2 is 1.88 bits per heavy atom. The number of aromatic nitrogens is 2. The first-order valence-corrected chi connectivity index (χ1v) is 11.8. The molecule has 0 bridgehead atoms. The summed E-state index contributed by atoms with van der Waals surface area (Å²) in [6.45, 7) is 1.93. The van der Waals surface area contributed by atoms with Crippen molar-refractivity contribution in [3.05, 3.63) is 66.5 Å². The maximum absolute atomic E-state index is 13.0. The number of methoxy groups -OCH3 is 2. The average Bonchev–Trinajstić information content (AvgIpc) is 2.88. The largest absolute Gasteiger partial charge is 0.493 e. The molecule has 1 aliphatic heterocycles. The van der Waals surface area contributed by atoms with Crippen molar-refractivity contribution in [2.24, 2.45) is 5.92 Å². The summed E-state index contributed by atoms with van der Waals surface area (Å²) < 4.78 is 10.6. The molecule has 0 saturated carbocycles. The first kappa shape index (κ1) is 22.9. The van der Waals surface area contributed by atoms with E-state index in [1.54, 1.807) is 38.4 Å². The first-order valence-electron chi connectivity index (χ1n) is 11.0. The molecule has 1 fully saturated rings. The number of rotatable bonds is 8. The van der Waals surface area contributed by atoms with Gasteiger partial charge in [0.2, 0.25) is 5.91 Å². The van der Waals surface area contributed by atoms with E-state index in [1.165, 1.54) is 0 Å². The van der Waals surface area contributed by atoms with Crippen LogP contribution in [-0.4, -0.2) is 43.2 Å². The van der Waals surface area contributed by atoms with Crippen LogP contribution < -0.4 is 19.7 Å². The van der Waals surface area contributed by atoms with Gasteiger partial charge in [-0.05, 0) is 42.7 Å². The number of carbonyl (C=O) groups is 1. The Balaban J connectivity index is 1.40. The molecule has 3 aromatic rings. The van der Waals surface area contributed by atoms with Gasteiger partial charge in [0.1, 0.15) is 5.03 Å². The van der Waals surface area contributed by atoms with Crippen LogP contribution in [0.3, 0.4) is 0 Å². The van der Waals surface area contributed by atoms with Crippen molar-refractivity contribution in [2.45, 2.75) is 29.3 Å². The van der Waals surface area contributed by atoms with E-state index >= 15 is 0 Å². The van der Waals surface area contributed by atoms with E-state index in [4.69, 9.17) is 9.47 Å². The third-order valence-electron chi connectivity index (χ3n) is 5.61. The zero-order valence-electron chi connectivity index (χ0n) is 18.9. The molecular formula is C25H28N4O3S. The summed E-state index contributed by atoms with van der Waals surface area (Å²) in [5.41, 5.74) is 0.962. The molecule has 172 valence electrons. The quantitative estimate of drug-likeness (QED) is 0.536. The van der Waals surface area contributed by atoms with E-state index in [9.17, 15) is 4.79 Å². The minimum absolute atomic E-state index is 0.0515. The van der Waals surface area contributed by atoms with Crippen molar-refractivity contribution in [3.63, 3.8) is 0 Å². The molecular weight excluding hydrogens is 436 g/mol. The third kappa shape index (κ3) is 5.76. The van der Waals surface area contributed by atoms with Crippen LogP contribution in [0.1, 0.15) is 18.4 Å². The number of nitrogens with one attached hydrogen (secondary N) is 1. The second-order valence-electron chi connectivity index (χ2n) is 7.79. The lowest BCUT2D eigenvalue weighted by atomic mass is 9.97. The van der Waals surface area contributed by atoms with E-state index in [2.05, 4.69) is 32.3 Å². The second-order valence-corrected chi connectivity index (χ2v) is 8.85. The Bertz CT molecular complexity index is 1080. The molecule has 1 aromatic heterocycles. The van der Waals surface area contributed by atoms with Crippen molar-refractivity contribution in [2.75, 3.05) is 32.2 Å². The number of nitrogens with zero attached hydrogens (tertiary/aromatic N) is 3. The summed E-state index contributed by atoms with van der Waals surface area (Å²) in [5, 5.41) is 3.94. The maximum atomic E-state index is 13.0. The highest BCUT2D eigenvalue weighted by Gasteiger charge is 2.28. The molecule has 0 spiro atoms. The first-order chi connectivity index (χ1) is 16.2. The number of piperidine rings is 1. The molecule has 1 unspecified atom stereocenters. The highest BCUT2D eigenvalue weighted by Crippen LogP contribution is 2.34. The van der Waals surface area contributed by atoms with Gasteiger partial charge in [-0.2, -0.15) is 0 Å². The van der Waals surface area contributed by atoms with Gasteiger partial charge in [0, 0.05) is 36.9 Å². The molecule has 2 aromatic carbocycles. The lowest BCUT2D eigenvalue weighted by Crippen LogP contribution is -2.43. The number of ether oxygens (including phenoxy) is 2. The minimum atomic E-state index is -0.101. The number of amides is 1. The Morgan fingerprint density at radius 3 is 2.67 bits per heavy atom. The SMILES string of the molecule is COc1ccc(CNC(=O)C2CCCN(c3nccnc3Sc3ccccc3)C2)cc1OC. The van der Waals surface area contributed by atoms with Gasteiger partial charge in [-0.15, -0.1) is 0 Å². The van der Waals surface area contributed by atoms with E-state index in [0.717, 1.165) is 40.7 Å². The molecule has 1 saturated heterocycles. The molecule has 0 aliphatic carbocycles. The zero-order chi connectivity index (χ0) is 23.0. The Kier molecular flexibility index (Phi) is 7.67. The Morgan fingerprint density at radius 1 is 1.09 bits per heavy atom. The van der Waals surface area contributed by atoms with Gasteiger partial charge in [-0.3, -0.25) is 4.79 Å². The van der Waals surface area contributed by atoms with E-state index in [0.29, 0.717) is 24.6 Å². The number of anilines is 1. The van der Waals surface area contributed by atoms with Crippen molar-refractivity contribution in [3.8, 4) is 11.5 Å². The summed E-state index contributed by atoms with van der Waals surface area (Å²) >= 11 is 1.59. The van der Waals surface area contributed by atoms with Gasteiger partial charge >= 0.3 is 0 Å². The topological polar surface area (TPSA) is 76.6 Å². The van der Waals surface area contributed by atoms with Gasteiger partial charge in [0.05, 0.1) is 20.1 Å². The van der Waals surface area contributed by atoms with E-state index in [1.807, 2.05) is 36.4 Å². The molecule has 7 nitrogen and oxygen atoms in total. The fraction of sp³-hybridized carbons (Fsp3) is 0.320. The van der Waals surface area contributed by atoms with Crippen LogP contribution >= 0.6 is 11.8 Å². The highest BCUT2D eigenvalue weighted by atomic mass is 32.2. The summed E-state index contributed by atoms with van der Waals surface area (Å²) in [4.78, 5) is 25.4. The lowest BCUT2D eigenvalue weighted by molar-refractivity contribution is -0.125. The Hall–Kier alpha value is -3.26. The smallest absolute Gasteiger partial charge is 0.225 e. The fourth-order valence-electron chi connectivity index (χ4n) is 3.91. The van der Waals surface area contributed by atoms with Gasteiger partial charge in [-0.1, -0.05) is 36.0 Å². The highest BCUT2D eigenvalue weighted by molar-refractivity contribution is 7.99. The summed E-state index contributed by atoms with van der Waals surface area (Å²) in [7, 11) is 3.21. The van der Waals surface area contributed by atoms with Crippen molar-refractivity contribution in [1.29, 1.82) is 0 Å². The number of benzene rings is 2. The van der Waals surface area contributed by atoms with Crippen LogP contribution in [0.5, 0.6) is 11.5 Å². The maximum Gasteiger partial charge on any atom is 0.225 e. The number of hydrogen-bond acceptors (Lipinski definition) is 7. The molecule has 2 heterocycles. The molecule has 1 amide bonds. The van der Waals surface area contributed by atoms with Crippen LogP contribution in [-0.2, 0) is 11.3 Å². The van der Waals surface area contributed by atoms with Crippen molar-refractivity contribution in [1.82, 2.24) is 15.3 Å².